The Morgan fingerprint density at radius 1 is 0.750 bits per heavy atom. The van der Waals surface area contributed by atoms with Gasteiger partial charge in [0.25, 0.3) is 4.45 Å². The molecule has 7 heteroatoms. The number of nitrogens with zero attached hydrogens (tertiary/aromatic N) is 4. The molecule has 0 unspecified atom stereocenters. The lowest BCUT2D eigenvalue weighted by Gasteiger charge is -2.03. The van der Waals surface area contributed by atoms with Gasteiger partial charge in [0.05, 0.1) is 0 Å². The number of rotatable bonds is 2. The van der Waals surface area contributed by atoms with Crippen molar-refractivity contribution in [1.82, 2.24) is 19.9 Å². The fourth-order valence-electron chi connectivity index (χ4n) is 1.65. The minimum atomic E-state index is -0.139. The Kier molecular flexibility index (Phi) is 4.72. The molecule has 0 radical (unpaired) electrons. The molecule has 0 aliphatic rings. The molecule has 0 spiro atoms. The van der Waals surface area contributed by atoms with Gasteiger partial charge in [-0.1, -0.05) is 0 Å². The quantitative estimate of drug-likeness (QED) is 0.621. The highest BCUT2D eigenvalue weighted by Gasteiger charge is 2.13. The van der Waals surface area contributed by atoms with E-state index in [-0.39, 0.29) is 4.45 Å². The van der Waals surface area contributed by atoms with Crippen molar-refractivity contribution in [2.45, 2.75) is 38.0 Å². The van der Waals surface area contributed by atoms with Crippen LogP contribution >= 0.6 is 23.5 Å². The van der Waals surface area contributed by atoms with Gasteiger partial charge >= 0.3 is 0 Å². The molecule has 104 valence electrons. The molecule has 0 aliphatic heterocycles. The summed E-state index contributed by atoms with van der Waals surface area (Å²) in [5.41, 5.74) is 3.39. The van der Waals surface area contributed by atoms with E-state index in [4.69, 9.17) is 0 Å². The molecule has 2 heterocycles. The van der Waals surface area contributed by atoms with Gasteiger partial charge in [0.2, 0.25) is 0 Å². The molecule has 0 aromatic carbocycles. The third kappa shape index (κ3) is 4.28. The van der Waals surface area contributed by atoms with Crippen LogP contribution in [0.5, 0.6) is 0 Å². The first-order valence-electron chi connectivity index (χ1n) is 5.96. The van der Waals surface area contributed by atoms with Crippen LogP contribution in [-0.4, -0.2) is 24.4 Å². The summed E-state index contributed by atoms with van der Waals surface area (Å²) in [6, 6.07) is 3.74. The van der Waals surface area contributed by atoms with Crippen molar-refractivity contribution in [2.24, 2.45) is 0 Å². The fourth-order valence-corrected chi connectivity index (χ4v) is 3.32. The van der Waals surface area contributed by atoms with Gasteiger partial charge < -0.3 is 0 Å². The van der Waals surface area contributed by atoms with E-state index >= 15 is 0 Å². The summed E-state index contributed by atoms with van der Waals surface area (Å²) >= 11 is 2.00. The molecule has 0 bridgehead atoms. The predicted octanol–water partition coefficient (Wildman–Crippen LogP) is 3.50. The van der Waals surface area contributed by atoms with Gasteiger partial charge in [-0.3, -0.25) is 4.79 Å². The third-order valence-electron chi connectivity index (χ3n) is 2.27. The summed E-state index contributed by atoms with van der Waals surface area (Å²) in [4.78, 5) is 28.9. The first-order chi connectivity index (χ1) is 9.42. The highest BCUT2D eigenvalue weighted by atomic mass is 32.2. The molecule has 0 N–H and O–H groups in total. The largest absolute Gasteiger partial charge is 0.273 e. The maximum Gasteiger partial charge on any atom is 0.261 e. The van der Waals surface area contributed by atoms with Gasteiger partial charge in [-0.05, 0) is 39.8 Å². The van der Waals surface area contributed by atoms with E-state index in [0.29, 0.717) is 10.3 Å². The van der Waals surface area contributed by atoms with Crippen molar-refractivity contribution in [3.8, 4) is 0 Å². The summed E-state index contributed by atoms with van der Waals surface area (Å²) in [7, 11) is 0. The molecular formula is C13H14N4OS2. The SMILES string of the molecule is Cc1cc(C)nc(SC(=O)Sc2nc(C)cc(C)n2)n1. The Balaban J connectivity index is 2.08. The van der Waals surface area contributed by atoms with Gasteiger partial charge in [-0.25, -0.2) is 19.9 Å². The summed E-state index contributed by atoms with van der Waals surface area (Å²) in [5.74, 6) is 0. The van der Waals surface area contributed by atoms with Crippen LogP contribution in [0.25, 0.3) is 0 Å². The van der Waals surface area contributed by atoms with E-state index in [2.05, 4.69) is 19.9 Å². The molecular weight excluding hydrogens is 292 g/mol. The lowest BCUT2D eigenvalue weighted by molar-refractivity contribution is 0.276. The van der Waals surface area contributed by atoms with Crippen molar-refractivity contribution in [3.63, 3.8) is 0 Å². The Labute approximate surface area is 126 Å². The summed E-state index contributed by atoms with van der Waals surface area (Å²) in [6.45, 7) is 7.51. The number of hydrogen-bond donors (Lipinski definition) is 0. The van der Waals surface area contributed by atoms with Gasteiger partial charge in [0, 0.05) is 46.3 Å². The Bertz CT molecular complexity index is 565. The molecule has 0 saturated carbocycles. The molecule has 0 saturated heterocycles. The number of thioether (sulfide) groups is 2. The van der Waals surface area contributed by atoms with Crippen LogP contribution in [-0.2, 0) is 0 Å². The lowest BCUT2D eigenvalue weighted by Crippen LogP contribution is -1.97. The second kappa shape index (κ2) is 6.32. The molecule has 2 aromatic rings. The van der Waals surface area contributed by atoms with E-state index in [1.54, 1.807) is 0 Å². The van der Waals surface area contributed by atoms with E-state index in [0.717, 1.165) is 46.3 Å². The summed E-state index contributed by atoms with van der Waals surface area (Å²) in [6.07, 6.45) is 0. The lowest BCUT2D eigenvalue weighted by atomic mass is 10.4. The van der Waals surface area contributed by atoms with Gasteiger partial charge in [-0.2, -0.15) is 0 Å². The Morgan fingerprint density at radius 2 is 1.05 bits per heavy atom. The van der Waals surface area contributed by atoms with Crippen LogP contribution in [0.1, 0.15) is 22.8 Å². The monoisotopic (exact) mass is 306 g/mol. The molecule has 2 rings (SSSR count). The van der Waals surface area contributed by atoms with E-state index in [1.165, 1.54) is 0 Å². The van der Waals surface area contributed by atoms with Crippen LogP contribution in [0.15, 0.2) is 22.4 Å². The first kappa shape index (κ1) is 14.9. The van der Waals surface area contributed by atoms with Crippen LogP contribution in [0, 0.1) is 27.7 Å². The topological polar surface area (TPSA) is 68.6 Å². The van der Waals surface area contributed by atoms with Crippen LogP contribution < -0.4 is 0 Å². The van der Waals surface area contributed by atoms with Crippen LogP contribution in [0.3, 0.4) is 0 Å². The molecule has 5 nitrogen and oxygen atoms in total. The van der Waals surface area contributed by atoms with E-state index < -0.39 is 0 Å². The highest BCUT2D eigenvalue weighted by molar-refractivity contribution is 8.38. The molecule has 0 atom stereocenters. The van der Waals surface area contributed by atoms with Crippen molar-refractivity contribution in [1.29, 1.82) is 0 Å². The summed E-state index contributed by atoms with van der Waals surface area (Å²) < 4.78 is -0.139. The highest BCUT2D eigenvalue weighted by Crippen LogP contribution is 2.27. The zero-order valence-corrected chi connectivity index (χ0v) is 13.3. The molecule has 0 amide bonds. The first-order valence-corrected chi connectivity index (χ1v) is 7.60. The average Bonchev–Trinajstić information content (AvgIpc) is 2.24. The van der Waals surface area contributed by atoms with Crippen molar-refractivity contribution >= 4 is 28.0 Å². The number of aryl methyl sites for hydroxylation is 4. The van der Waals surface area contributed by atoms with Gasteiger partial charge in [0.1, 0.15) is 0 Å². The third-order valence-corrected chi connectivity index (χ3v) is 3.84. The van der Waals surface area contributed by atoms with E-state index in [1.807, 2.05) is 39.8 Å². The standard InChI is InChI=1S/C13H14N4OS2/c1-7-5-8(2)15-11(14-7)19-13(18)20-12-16-9(3)6-10(4)17-12/h5-6H,1-4H3. The Hall–Kier alpha value is -1.47. The summed E-state index contributed by atoms with van der Waals surface area (Å²) in [5, 5.41) is 0.925. The van der Waals surface area contributed by atoms with Crippen LogP contribution in [0.4, 0.5) is 4.79 Å². The minimum Gasteiger partial charge on any atom is -0.273 e. The normalized spacial score (nSPS) is 10.6. The van der Waals surface area contributed by atoms with E-state index in [9.17, 15) is 4.79 Å². The fraction of sp³-hybridized carbons (Fsp3) is 0.308. The minimum absolute atomic E-state index is 0.139. The van der Waals surface area contributed by atoms with Crippen LogP contribution in [0.2, 0.25) is 0 Å². The zero-order valence-electron chi connectivity index (χ0n) is 11.7. The average molecular weight is 306 g/mol. The molecule has 0 fully saturated rings. The second-order valence-electron chi connectivity index (χ2n) is 4.32. The maximum absolute atomic E-state index is 12.0. The van der Waals surface area contributed by atoms with Crippen molar-refractivity contribution in [2.75, 3.05) is 0 Å². The molecule has 0 aliphatic carbocycles. The molecule has 2 aromatic heterocycles. The number of carbonyl (C=O) groups excluding carboxylic acids is 1. The van der Waals surface area contributed by atoms with Gasteiger partial charge in [-0.15, -0.1) is 0 Å². The predicted molar refractivity (Wildman–Crippen MR) is 80.1 cm³/mol. The number of hydrogen-bond acceptors (Lipinski definition) is 7. The second-order valence-corrected chi connectivity index (χ2v) is 6.46. The van der Waals surface area contributed by atoms with Crippen molar-refractivity contribution in [3.05, 3.63) is 34.9 Å². The maximum atomic E-state index is 12.0. The van der Waals surface area contributed by atoms with Gasteiger partial charge in [0.15, 0.2) is 10.3 Å². The number of aromatic nitrogens is 4. The zero-order chi connectivity index (χ0) is 14.7. The number of carbonyl (C=O) groups is 1. The van der Waals surface area contributed by atoms with Crippen molar-refractivity contribution < 1.29 is 4.79 Å². The Morgan fingerprint density at radius 3 is 1.35 bits per heavy atom. The smallest absolute Gasteiger partial charge is 0.261 e. The molecule has 20 heavy (non-hydrogen) atoms.